The summed E-state index contributed by atoms with van der Waals surface area (Å²) >= 11 is 0. The highest BCUT2D eigenvalue weighted by molar-refractivity contribution is 5.96. The number of hydrogen-bond acceptors (Lipinski definition) is 8. The molecular weight excluding hydrogens is 518 g/mol. The molecule has 1 aromatic rings. The molecule has 0 saturated heterocycles. The number of nitrogens with two attached hydrogens (primary N) is 3. The molecule has 4 unspecified atom stereocenters. The molecule has 0 aliphatic rings. The number of guanidine groups is 1. The summed E-state index contributed by atoms with van der Waals surface area (Å²) in [6, 6.07) is 2.33. The monoisotopic (exact) mass is 551 g/mol. The van der Waals surface area contributed by atoms with E-state index in [0.29, 0.717) is 5.56 Å². The van der Waals surface area contributed by atoms with Crippen LogP contribution in [0, 0.1) is 0 Å². The van der Waals surface area contributed by atoms with Crippen molar-refractivity contribution < 1.29 is 44.1 Å². The zero-order valence-corrected chi connectivity index (χ0v) is 20.9. The lowest BCUT2D eigenvalue weighted by Crippen LogP contribution is -2.57. The van der Waals surface area contributed by atoms with E-state index in [4.69, 9.17) is 22.3 Å². The first-order valence-corrected chi connectivity index (χ1v) is 11.7. The third kappa shape index (κ3) is 12.9. The number of nitrogens with zero attached hydrogens (tertiary/aromatic N) is 1. The van der Waals surface area contributed by atoms with E-state index >= 15 is 0 Å². The summed E-state index contributed by atoms with van der Waals surface area (Å²) in [6.07, 6.45) is -1.68. The van der Waals surface area contributed by atoms with Gasteiger partial charge in [0.05, 0.1) is 18.9 Å². The number of hydrogen-bond donors (Lipinski definition) is 9. The van der Waals surface area contributed by atoms with Gasteiger partial charge in [-0.05, 0) is 18.4 Å². The summed E-state index contributed by atoms with van der Waals surface area (Å²) in [7, 11) is 0. The second kappa shape index (κ2) is 16.2. The summed E-state index contributed by atoms with van der Waals surface area (Å²) in [4.78, 5) is 75.9. The van der Waals surface area contributed by atoms with Gasteiger partial charge in [0, 0.05) is 13.0 Å². The molecule has 12 N–H and O–H groups in total. The molecule has 214 valence electrons. The van der Waals surface area contributed by atoms with E-state index in [1.165, 1.54) is 0 Å². The average Bonchev–Trinajstić information content (AvgIpc) is 2.84. The number of carboxylic acid groups (broad SMARTS) is 3. The molecule has 16 heteroatoms. The Bertz CT molecular complexity index is 1060. The van der Waals surface area contributed by atoms with E-state index in [2.05, 4.69) is 20.9 Å². The maximum atomic E-state index is 13.0. The highest BCUT2D eigenvalue weighted by Gasteiger charge is 2.32. The van der Waals surface area contributed by atoms with Gasteiger partial charge in [-0.25, -0.2) is 4.79 Å². The molecule has 0 aliphatic carbocycles. The average molecular weight is 552 g/mol. The van der Waals surface area contributed by atoms with Crippen molar-refractivity contribution in [1.29, 1.82) is 0 Å². The first kappa shape index (κ1) is 32.3. The lowest BCUT2D eigenvalue weighted by molar-refractivity contribution is -0.143. The summed E-state index contributed by atoms with van der Waals surface area (Å²) in [5.74, 6) is -7.48. The van der Waals surface area contributed by atoms with Crippen molar-refractivity contribution in [3.05, 3.63) is 35.9 Å². The van der Waals surface area contributed by atoms with Crippen LogP contribution in [0.1, 0.15) is 31.2 Å². The van der Waals surface area contributed by atoms with Gasteiger partial charge in [-0.15, -0.1) is 0 Å². The molecule has 1 rings (SSSR count). The highest BCUT2D eigenvalue weighted by atomic mass is 16.4. The van der Waals surface area contributed by atoms with Crippen molar-refractivity contribution in [2.75, 3.05) is 6.54 Å². The Kier molecular flexibility index (Phi) is 13.4. The quantitative estimate of drug-likeness (QED) is 0.0535. The fraction of sp³-hybridized carbons (Fsp3) is 0.435. The topological polar surface area (TPSA) is 290 Å². The molecule has 0 bridgehead atoms. The van der Waals surface area contributed by atoms with E-state index in [9.17, 15) is 39.0 Å². The number of amides is 3. The molecule has 0 aliphatic heterocycles. The molecule has 0 saturated carbocycles. The predicted molar refractivity (Wildman–Crippen MR) is 136 cm³/mol. The van der Waals surface area contributed by atoms with E-state index in [1.54, 1.807) is 30.3 Å². The number of rotatable bonds is 17. The number of carbonyl (C=O) groups excluding carboxylic acids is 3. The second-order valence-electron chi connectivity index (χ2n) is 8.46. The summed E-state index contributed by atoms with van der Waals surface area (Å²) in [5, 5.41) is 34.4. The molecule has 0 fully saturated rings. The van der Waals surface area contributed by atoms with Crippen molar-refractivity contribution in [1.82, 2.24) is 16.0 Å². The zero-order chi connectivity index (χ0) is 29.5. The molecule has 0 radical (unpaired) electrons. The molecule has 4 atom stereocenters. The molecule has 16 nitrogen and oxygen atoms in total. The SMILES string of the molecule is NC(N)=NCCCC(NC(=O)C(N)CC(=O)O)C(=O)NC(CC(=O)O)C(=O)NC(Cc1ccccc1)C(=O)O. The Balaban J connectivity index is 3.06. The Morgan fingerprint density at radius 1 is 0.769 bits per heavy atom. The van der Waals surface area contributed by atoms with Crippen LogP contribution in [0.4, 0.5) is 0 Å². The van der Waals surface area contributed by atoms with Crippen molar-refractivity contribution in [3.8, 4) is 0 Å². The number of benzene rings is 1. The van der Waals surface area contributed by atoms with E-state index in [0.717, 1.165) is 0 Å². The van der Waals surface area contributed by atoms with Crippen LogP contribution in [0.5, 0.6) is 0 Å². The minimum absolute atomic E-state index is 0.0575. The van der Waals surface area contributed by atoms with Gasteiger partial charge >= 0.3 is 17.9 Å². The maximum absolute atomic E-state index is 13.0. The molecular formula is C23H33N7O9. The van der Waals surface area contributed by atoms with Crippen molar-refractivity contribution >= 4 is 41.6 Å². The van der Waals surface area contributed by atoms with Gasteiger partial charge in [0.1, 0.15) is 18.1 Å². The number of nitrogens with one attached hydrogen (secondary N) is 3. The second-order valence-corrected chi connectivity index (χ2v) is 8.46. The summed E-state index contributed by atoms with van der Waals surface area (Å²) in [5.41, 5.74) is 16.6. The van der Waals surface area contributed by atoms with Gasteiger partial charge in [-0.3, -0.25) is 29.0 Å². The number of aliphatic imine (C=N–C) groups is 1. The Morgan fingerprint density at radius 3 is 1.85 bits per heavy atom. The van der Waals surface area contributed by atoms with Gasteiger partial charge < -0.3 is 48.5 Å². The van der Waals surface area contributed by atoms with Crippen molar-refractivity contribution in [2.45, 2.75) is 56.3 Å². The Morgan fingerprint density at radius 2 is 1.31 bits per heavy atom. The summed E-state index contributed by atoms with van der Waals surface area (Å²) in [6.45, 7) is 0.0575. The maximum Gasteiger partial charge on any atom is 0.326 e. The van der Waals surface area contributed by atoms with Crippen LogP contribution < -0.4 is 33.2 Å². The van der Waals surface area contributed by atoms with Crippen LogP contribution in [-0.4, -0.2) is 87.6 Å². The third-order valence-corrected chi connectivity index (χ3v) is 5.22. The minimum Gasteiger partial charge on any atom is -0.481 e. The van der Waals surface area contributed by atoms with Crippen LogP contribution in [0.2, 0.25) is 0 Å². The van der Waals surface area contributed by atoms with Gasteiger partial charge in [0.15, 0.2) is 5.96 Å². The standard InChI is InChI=1S/C23H33N7O9/c24-13(10-17(31)32)19(35)28-14(7-4-8-27-23(25)26)20(36)29-15(11-18(33)34)21(37)30-16(22(38)39)9-12-5-2-1-3-6-12/h1-3,5-6,13-16H,4,7-11,24H2,(H,28,35)(H,29,36)(H,30,37)(H,31,32)(H,33,34)(H,38,39)(H4,25,26,27). The lowest BCUT2D eigenvalue weighted by atomic mass is 10.0. The van der Waals surface area contributed by atoms with Crippen LogP contribution in [0.25, 0.3) is 0 Å². The number of carboxylic acids is 3. The van der Waals surface area contributed by atoms with Gasteiger partial charge in [0.2, 0.25) is 17.7 Å². The Hall–Kier alpha value is -4.73. The predicted octanol–water partition coefficient (Wildman–Crippen LogP) is -2.90. The van der Waals surface area contributed by atoms with Gasteiger partial charge in [0.25, 0.3) is 0 Å². The third-order valence-electron chi connectivity index (χ3n) is 5.22. The van der Waals surface area contributed by atoms with Gasteiger partial charge in [-0.2, -0.15) is 0 Å². The van der Waals surface area contributed by atoms with Crippen LogP contribution >= 0.6 is 0 Å². The van der Waals surface area contributed by atoms with Crippen LogP contribution in [0.3, 0.4) is 0 Å². The number of carbonyl (C=O) groups is 6. The molecule has 0 heterocycles. The normalized spacial score (nSPS) is 13.6. The van der Waals surface area contributed by atoms with E-state index in [1.807, 2.05) is 0 Å². The van der Waals surface area contributed by atoms with E-state index in [-0.39, 0.29) is 31.8 Å². The van der Waals surface area contributed by atoms with Gasteiger partial charge in [-0.1, -0.05) is 30.3 Å². The lowest BCUT2D eigenvalue weighted by Gasteiger charge is -2.24. The van der Waals surface area contributed by atoms with Crippen LogP contribution in [-0.2, 0) is 35.2 Å². The molecule has 0 spiro atoms. The number of aliphatic carboxylic acids is 3. The fourth-order valence-electron chi connectivity index (χ4n) is 3.31. The smallest absolute Gasteiger partial charge is 0.326 e. The van der Waals surface area contributed by atoms with Crippen LogP contribution in [0.15, 0.2) is 35.3 Å². The fourth-order valence-corrected chi connectivity index (χ4v) is 3.31. The molecule has 39 heavy (non-hydrogen) atoms. The van der Waals surface area contributed by atoms with Crippen molar-refractivity contribution in [3.63, 3.8) is 0 Å². The molecule has 1 aromatic carbocycles. The molecule has 0 aromatic heterocycles. The zero-order valence-electron chi connectivity index (χ0n) is 20.9. The summed E-state index contributed by atoms with van der Waals surface area (Å²) < 4.78 is 0. The minimum atomic E-state index is -1.71. The molecule has 3 amide bonds. The van der Waals surface area contributed by atoms with Crippen molar-refractivity contribution in [2.24, 2.45) is 22.2 Å². The largest absolute Gasteiger partial charge is 0.481 e. The highest BCUT2D eigenvalue weighted by Crippen LogP contribution is 2.06. The Labute approximate surface area is 223 Å². The first-order valence-electron chi connectivity index (χ1n) is 11.7. The van der Waals surface area contributed by atoms with E-state index < -0.39 is 72.6 Å². The first-order chi connectivity index (χ1) is 18.3.